The van der Waals surface area contributed by atoms with Crippen molar-refractivity contribution in [2.45, 2.75) is 20.4 Å². The molecule has 60 valence electrons. The van der Waals surface area contributed by atoms with Crippen LogP contribution < -0.4 is 5.73 Å². The van der Waals surface area contributed by atoms with Crippen LogP contribution in [0.3, 0.4) is 0 Å². The third kappa shape index (κ3) is 1.46. The molecule has 0 saturated heterocycles. The van der Waals surface area contributed by atoms with Crippen molar-refractivity contribution in [2.24, 2.45) is 5.73 Å². The van der Waals surface area contributed by atoms with Gasteiger partial charge in [-0.05, 0) is 19.4 Å². The van der Waals surface area contributed by atoms with E-state index in [1.807, 2.05) is 13.8 Å². The average molecular weight is 169 g/mol. The van der Waals surface area contributed by atoms with Gasteiger partial charge in [0.15, 0.2) is 0 Å². The minimum absolute atomic E-state index is 0.477. The SMILES string of the molecule is Cc1n[nH]c(=S)c(CN)c1C. The summed E-state index contributed by atoms with van der Waals surface area (Å²) in [5.41, 5.74) is 8.55. The van der Waals surface area contributed by atoms with E-state index < -0.39 is 0 Å². The third-order valence-electron chi connectivity index (χ3n) is 1.80. The molecule has 0 aliphatic rings. The molecule has 1 heterocycles. The van der Waals surface area contributed by atoms with Gasteiger partial charge in [0.25, 0.3) is 0 Å². The highest BCUT2D eigenvalue weighted by Crippen LogP contribution is 2.08. The van der Waals surface area contributed by atoms with E-state index in [4.69, 9.17) is 18.0 Å². The van der Waals surface area contributed by atoms with Crippen LogP contribution in [-0.2, 0) is 6.54 Å². The normalized spacial score (nSPS) is 10.1. The first-order chi connectivity index (χ1) is 5.16. The molecule has 0 spiro atoms. The van der Waals surface area contributed by atoms with Crippen molar-refractivity contribution >= 4 is 12.2 Å². The van der Waals surface area contributed by atoms with E-state index in [0.717, 1.165) is 16.8 Å². The molecular formula is C7H11N3S. The van der Waals surface area contributed by atoms with Gasteiger partial charge in [-0.2, -0.15) is 5.10 Å². The number of hydrogen-bond acceptors (Lipinski definition) is 3. The van der Waals surface area contributed by atoms with Gasteiger partial charge in [-0.3, -0.25) is 5.10 Å². The van der Waals surface area contributed by atoms with E-state index in [0.29, 0.717) is 11.2 Å². The number of aromatic amines is 1. The highest BCUT2D eigenvalue weighted by molar-refractivity contribution is 7.71. The molecule has 0 radical (unpaired) electrons. The van der Waals surface area contributed by atoms with Crippen molar-refractivity contribution in [3.05, 3.63) is 21.5 Å². The summed E-state index contributed by atoms with van der Waals surface area (Å²) in [6.45, 7) is 4.39. The zero-order valence-corrected chi connectivity index (χ0v) is 7.46. The molecule has 0 aromatic carbocycles. The number of nitrogens with one attached hydrogen (secondary N) is 1. The van der Waals surface area contributed by atoms with Gasteiger partial charge < -0.3 is 5.73 Å². The molecule has 1 rings (SSSR count). The van der Waals surface area contributed by atoms with Gasteiger partial charge in [-0.1, -0.05) is 12.2 Å². The molecule has 0 aliphatic heterocycles. The van der Waals surface area contributed by atoms with Crippen LogP contribution in [0.5, 0.6) is 0 Å². The molecule has 0 aliphatic carbocycles. The smallest absolute Gasteiger partial charge is 0.124 e. The summed E-state index contributed by atoms with van der Waals surface area (Å²) in [6, 6.07) is 0. The number of nitrogens with zero attached hydrogens (tertiary/aromatic N) is 1. The molecule has 0 bridgehead atoms. The van der Waals surface area contributed by atoms with Crippen molar-refractivity contribution in [1.29, 1.82) is 0 Å². The van der Waals surface area contributed by atoms with Crippen molar-refractivity contribution in [3.8, 4) is 0 Å². The van der Waals surface area contributed by atoms with E-state index in [9.17, 15) is 0 Å². The monoisotopic (exact) mass is 169 g/mol. The molecule has 0 amide bonds. The first-order valence-electron chi connectivity index (χ1n) is 3.41. The molecule has 3 nitrogen and oxygen atoms in total. The van der Waals surface area contributed by atoms with Crippen molar-refractivity contribution in [2.75, 3.05) is 0 Å². The Bertz CT molecular complexity index is 316. The summed E-state index contributed by atoms with van der Waals surface area (Å²) in [4.78, 5) is 0. The number of aromatic nitrogens is 2. The van der Waals surface area contributed by atoms with Crippen LogP contribution >= 0.6 is 12.2 Å². The fraction of sp³-hybridized carbons (Fsp3) is 0.429. The topological polar surface area (TPSA) is 54.7 Å². The highest BCUT2D eigenvalue weighted by atomic mass is 32.1. The average Bonchev–Trinajstić information content (AvgIpc) is 1.99. The molecule has 1 aromatic rings. The summed E-state index contributed by atoms with van der Waals surface area (Å²) in [5, 5.41) is 6.75. The van der Waals surface area contributed by atoms with Crippen LogP contribution in [0.2, 0.25) is 0 Å². The highest BCUT2D eigenvalue weighted by Gasteiger charge is 2.01. The van der Waals surface area contributed by atoms with Crippen molar-refractivity contribution < 1.29 is 0 Å². The Hall–Kier alpha value is -0.740. The summed E-state index contributed by atoms with van der Waals surface area (Å²) in [6.07, 6.45) is 0. The predicted molar refractivity (Wildman–Crippen MR) is 46.8 cm³/mol. The van der Waals surface area contributed by atoms with Gasteiger partial charge in [-0.25, -0.2) is 0 Å². The first kappa shape index (κ1) is 8.36. The fourth-order valence-corrected chi connectivity index (χ4v) is 1.20. The van der Waals surface area contributed by atoms with Crippen molar-refractivity contribution in [3.63, 3.8) is 0 Å². The lowest BCUT2D eigenvalue weighted by atomic mass is 10.1. The lowest BCUT2D eigenvalue weighted by Crippen LogP contribution is -2.04. The molecule has 0 atom stereocenters. The summed E-state index contributed by atoms with van der Waals surface area (Å²) in [7, 11) is 0. The second-order valence-corrected chi connectivity index (χ2v) is 2.85. The van der Waals surface area contributed by atoms with Crippen LogP contribution in [-0.4, -0.2) is 10.2 Å². The minimum Gasteiger partial charge on any atom is -0.326 e. The Labute approximate surface area is 70.6 Å². The van der Waals surface area contributed by atoms with Gasteiger partial charge in [0.1, 0.15) is 4.64 Å². The lowest BCUT2D eigenvalue weighted by Gasteiger charge is -2.03. The quantitative estimate of drug-likeness (QED) is 0.621. The van der Waals surface area contributed by atoms with Gasteiger partial charge in [0.05, 0.1) is 5.69 Å². The Morgan fingerprint density at radius 1 is 1.55 bits per heavy atom. The van der Waals surface area contributed by atoms with Gasteiger partial charge in [0.2, 0.25) is 0 Å². The van der Waals surface area contributed by atoms with Crippen LogP contribution in [0, 0.1) is 18.5 Å². The zero-order valence-electron chi connectivity index (χ0n) is 6.64. The molecule has 0 fully saturated rings. The Balaban J connectivity index is 3.41. The van der Waals surface area contributed by atoms with E-state index in [-0.39, 0.29) is 0 Å². The van der Waals surface area contributed by atoms with E-state index >= 15 is 0 Å². The first-order valence-corrected chi connectivity index (χ1v) is 3.82. The third-order valence-corrected chi connectivity index (χ3v) is 2.14. The summed E-state index contributed by atoms with van der Waals surface area (Å²) in [5.74, 6) is 0. The largest absolute Gasteiger partial charge is 0.326 e. The molecule has 1 aromatic heterocycles. The molecular weight excluding hydrogens is 158 g/mol. The zero-order chi connectivity index (χ0) is 8.43. The Kier molecular flexibility index (Phi) is 2.36. The van der Waals surface area contributed by atoms with Crippen LogP contribution in [0.25, 0.3) is 0 Å². The van der Waals surface area contributed by atoms with Crippen LogP contribution in [0.15, 0.2) is 0 Å². The summed E-state index contributed by atoms with van der Waals surface area (Å²) >= 11 is 5.00. The van der Waals surface area contributed by atoms with Crippen LogP contribution in [0.4, 0.5) is 0 Å². The molecule has 11 heavy (non-hydrogen) atoms. The van der Waals surface area contributed by atoms with E-state index in [1.165, 1.54) is 0 Å². The number of aryl methyl sites for hydroxylation is 1. The van der Waals surface area contributed by atoms with Crippen LogP contribution in [0.1, 0.15) is 16.8 Å². The van der Waals surface area contributed by atoms with Crippen molar-refractivity contribution in [1.82, 2.24) is 10.2 Å². The predicted octanol–water partition coefficient (Wildman–Crippen LogP) is 1.21. The van der Waals surface area contributed by atoms with E-state index in [1.54, 1.807) is 0 Å². The summed E-state index contributed by atoms with van der Waals surface area (Å²) < 4.78 is 0.649. The fourth-order valence-electron chi connectivity index (χ4n) is 0.920. The number of H-pyrrole nitrogens is 1. The lowest BCUT2D eigenvalue weighted by molar-refractivity contribution is 0.896. The maximum atomic E-state index is 5.51. The maximum absolute atomic E-state index is 5.51. The Morgan fingerprint density at radius 2 is 2.18 bits per heavy atom. The minimum atomic E-state index is 0.477. The van der Waals surface area contributed by atoms with Gasteiger partial charge in [-0.15, -0.1) is 0 Å². The Morgan fingerprint density at radius 3 is 2.64 bits per heavy atom. The van der Waals surface area contributed by atoms with Gasteiger partial charge in [0, 0.05) is 12.1 Å². The molecule has 0 unspecified atom stereocenters. The molecule has 0 saturated carbocycles. The van der Waals surface area contributed by atoms with Gasteiger partial charge >= 0.3 is 0 Å². The standard InChI is InChI=1S/C7H11N3S/c1-4-5(2)9-10-7(11)6(4)3-8/h3,8H2,1-2H3,(H,10,11). The molecule has 3 N–H and O–H groups in total. The second kappa shape index (κ2) is 3.11. The second-order valence-electron chi connectivity index (χ2n) is 2.45. The number of nitrogens with two attached hydrogens (primary N) is 1. The van der Waals surface area contributed by atoms with E-state index in [2.05, 4.69) is 10.2 Å². The molecule has 4 heteroatoms. The number of rotatable bonds is 1. The maximum Gasteiger partial charge on any atom is 0.124 e. The number of hydrogen-bond donors (Lipinski definition) is 2.